The van der Waals surface area contributed by atoms with E-state index in [1.165, 1.54) is 6.07 Å². The van der Waals surface area contributed by atoms with Gasteiger partial charge in [0.1, 0.15) is 5.82 Å². The number of rotatable bonds is 4. The summed E-state index contributed by atoms with van der Waals surface area (Å²) in [6.07, 6.45) is 0. The summed E-state index contributed by atoms with van der Waals surface area (Å²) < 4.78 is 40.9. The molecule has 1 N–H and O–H groups in total. The Morgan fingerprint density at radius 2 is 1.71 bits per heavy atom. The Hall–Kier alpha value is -1.72. The zero-order valence-electron chi connectivity index (χ0n) is 12.2. The van der Waals surface area contributed by atoms with Gasteiger partial charge in [0.25, 0.3) is 0 Å². The summed E-state index contributed by atoms with van der Waals surface area (Å²) in [5.74, 6) is -0.338. The van der Waals surface area contributed by atoms with Crippen molar-refractivity contribution in [2.75, 3.05) is 0 Å². The van der Waals surface area contributed by atoms with Crippen LogP contribution in [0.25, 0.3) is 0 Å². The first-order chi connectivity index (χ1) is 9.81. The second-order valence-electron chi connectivity index (χ2n) is 5.12. The molecule has 0 saturated heterocycles. The zero-order chi connectivity index (χ0) is 15.6. The molecule has 0 saturated carbocycles. The van der Waals surface area contributed by atoms with E-state index in [0.29, 0.717) is 16.7 Å². The predicted molar refractivity (Wildman–Crippen MR) is 81.1 cm³/mol. The Morgan fingerprint density at radius 1 is 1.05 bits per heavy atom. The Labute approximate surface area is 124 Å². The number of hydrogen-bond donors (Lipinski definition) is 1. The first kappa shape index (κ1) is 15.7. The molecule has 0 heterocycles. The van der Waals surface area contributed by atoms with E-state index in [1.807, 2.05) is 0 Å². The molecule has 0 fully saturated rings. The molecule has 0 aliphatic rings. The van der Waals surface area contributed by atoms with E-state index < -0.39 is 16.1 Å². The Kier molecular flexibility index (Phi) is 4.44. The summed E-state index contributed by atoms with van der Waals surface area (Å²) in [6.45, 7) is 5.10. The minimum absolute atomic E-state index is 0.240. The van der Waals surface area contributed by atoms with Gasteiger partial charge in [0.15, 0.2) is 0 Å². The summed E-state index contributed by atoms with van der Waals surface area (Å²) >= 11 is 0. The minimum atomic E-state index is -3.63. The summed E-state index contributed by atoms with van der Waals surface area (Å²) in [7, 11) is -3.63. The first-order valence-electron chi connectivity index (χ1n) is 6.65. The van der Waals surface area contributed by atoms with E-state index in [4.69, 9.17) is 0 Å². The van der Waals surface area contributed by atoms with Crippen LogP contribution in [-0.2, 0) is 10.0 Å². The maximum Gasteiger partial charge on any atom is 0.241 e. The number of halogens is 1. The lowest BCUT2D eigenvalue weighted by atomic mass is 10.1. The second kappa shape index (κ2) is 5.95. The highest BCUT2D eigenvalue weighted by atomic mass is 32.2. The number of benzene rings is 2. The van der Waals surface area contributed by atoms with Crippen LogP contribution in [0.3, 0.4) is 0 Å². The quantitative estimate of drug-likeness (QED) is 0.940. The third-order valence-electron chi connectivity index (χ3n) is 3.41. The van der Waals surface area contributed by atoms with Crippen molar-refractivity contribution in [3.8, 4) is 0 Å². The van der Waals surface area contributed by atoms with Gasteiger partial charge in [0, 0.05) is 6.04 Å². The van der Waals surface area contributed by atoms with E-state index >= 15 is 0 Å². The average Bonchev–Trinajstić information content (AvgIpc) is 2.41. The monoisotopic (exact) mass is 307 g/mol. The van der Waals surface area contributed by atoms with Crippen LogP contribution in [0.2, 0.25) is 0 Å². The van der Waals surface area contributed by atoms with Gasteiger partial charge in [-0.25, -0.2) is 17.5 Å². The smallest absolute Gasteiger partial charge is 0.207 e. The Morgan fingerprint density at radius 3 is 2.33 bits per heavy atom. The van der Waals surface area contributed by atoms with Crippen LogP contribution >= 0.6 is 0 Å². The van der Waals surface area contributed by atoms with Gasteiger partial charge >= 0.3 is 0 Å². The minimum Gasteiger partial charge on any atom is -0.207 e. The van der Waals surface area contributed by atoms with Crippen LogP contribution in [0, 0.1) is 19.7 Å². The molecule has 1 atom stereocenters. The van der Waals surface area contributed by atoms with Crippen LogP contribution in [-0.4, -0.2) is 8.42 Å². The highest BCUT2D eigenvalue weighted by Gasteiger charge is 2.20. The molecule has 0 amide bonds. The Balaban J connectivity index is 2.28. The first-order valence-corrected chi connectivity index (χ1v) is 8.13. The number of hydrogen-bond acceptors (Lipinski definition) is 2. The third-order valence-corrected chi connectivity index (χ3v) is 5.11. The molecule has 0 aromatic heterocycles. The van der Waals surface area contributed by atoms with E-state index in [2.05, 4.69) is 4.72 Å². The number of sulfonamides is 1. The molecule has 1 unspecified atom stereocenters. The summed E-state index contributed by atoms with van der Waals surface area (Å²) in [4.78, 5) is 0.240. The number of aryl methyl sites for hydroxylation is 2. The highest BCUT2D eigenvalue weighted by Crippen LogP contribution is 2.20. The molecule has 0 bridgehead atoms. The van der Waals surface area contributed by atoms with Gasteiger partial charge in [-0.2, -0.15) is 0 Å². The van der Waals surface area contributed by atoms with Crippen LogP contribution in [0.4, 0.5) is 4.39 Å². The molecule has 21 heavy (non-hydrogen) atoms. The van der Waals surface area contributed by atoms with Gasteiger partial charge in [-0.1, -0.05) is 30.3 Å². The van der Waals surface area contributed by atoms with Gasteiger partial charge in [0.05, 0.1) is 4.90 Å². The molecule has 0 aliphatic heterocycles. The number of nitrogens with one attached hydrogen (secondary N) is 1. The van der Waals surface area contributed by atoms with Crippen LogP contribution in [0.15, 0.2) is 47.4 Å². The lowest BCUT2D eigenvalue weighted by molar-refractivity contribution is 0.563. The standard InChI is InChI=1S/C16H18FNO2S/c1-11-8-9-14(10-15(11)17)13(3)18-21(19,20)16-7-5-4-6-12(16)2/h4-10,13,18H,1-3H3. The molecule has 2 aromatic rings. The summed E-state index contributed by atoms with van der Waals surface area (Å²) in [5.41, 5.74) is 1.80. The van der Waals surface area contributed by atoms with Crippen LogP contribution in [0.1, 0.15) is 29.7 Å². The van der Waals surface area contributed by atoms with Crippen molar-refractivity contribution in [1.29, 1.82) is 0 Å². The van der Waals surface area contributed by atoms with Crippen molar-refractivity contribution in [2.24, 2.45) is 0 Å². The fourth-order valence-corrected chi connectivity index (χ4v) is 3.58. The van der Waals surface area contributed by atoms with Crippen molar-refractivity contribution in [3.63, 3.8) is 0 Å². The average molecular weight is 307 g/mol. The molecule has 2 aromatic carbocycles. The summed E-state index contributed by atoms with van der Waals surface area (Å²) in [6, 6.07) is 11.0. The Bertz CT molecular complexity index is 757. The molecule has 0 spiro atoms. The van der Waals surface area contributed by atoms with Crippen LogP contribution < -0.4 is 4.72 Å². The van der Waals surface area contributed by atoms with Gasteiger partial charge < -0.3 is 0 Å². The second-order valence-corrected chi connectivity index (χ2v) is 6.80. The van der Waals surface area contributed by atoms with E-state index in [-0.39, 0.29) is 10.7 Å². The predicted octanol–water partition coefficient (Wildman–Crippen LogP) is 3.48. The van der Waals surface area contributed by atoms with Gasteiger partial charge in [-0.05, 0) is 49.6 Å². The maximum absolute atomic E-state index is 13.6. The van der Waals surface area contributed by atoms with Crippen molar-refractivity contribution < 1.29 is 12.8 Å². The van der Waals surface area contributed by atoms with Crippen molar-refractivity contribution in [3.05, 3.63) is 65.0 Å². The van der Waals surface area contributed by atoms with Gasteiger partial charge in [0.2, 0.25) is 10.0 Å². The van der Waals surface area contributed by atoms with Crippen molar-refractivity contribution in [1.82, 2.24) is 4.72 Å². The maximum atomic E-state index is 13.6. The van der Waals surface area contributed by atoms with Gasteiger partial charge in [-0.15, -0.1) is 0 Å². The lowest BCUT2D eigenvalue weighted by Gasteiger charge is -2.16. The van der Waals surface area contributed by atoms with E-state index in [9.17, 15) is 12.8 Å². The molecule has 3 nitrogen and oxygen atoms in total. The largest absolute Gasteiger partial charge is 0.241 e. The van der Waals surface area contributed by atoms with E-state index in [1.54, 1.807) is 57.2 Å². The summed E-state index contributed by atoms with van der Waals surface area (Å²) in [5, 5.41) is 0. The molecule has 5 heteroatoms. The third kappa shape index (κ3) is 3.49. The van der Waals surface area contributed by atoms with E-state index in [0.717, 1.165) is 0 Å². The fraction of sp³-hybridized carbons (Fsp3) is 0.250. The highest BCUT2D eigenvalue weighted by molar-refractivity contribution is 7.89. The van der Waals surface area contributed by atoms with Crippen LogP contribution in [0.5, 0.6) is 0 Å². The zero-order valence-corrected chi connectivity index (χ0v) is 13.0. The molecule has 0 aliphatic carbocycles. The SMILES string of the molecule is Cc1ccc(C(C)NS(=O)(=O)c2ccccc2C)cc1F. The lowest BCUT2D eigenvalue weighted by Crippen LogP contribution is -2.27. The topological polar surface area (TPSA) is 46.2 Å². The van der Waals surface area contributed by atoms with Crippen molar-refractivity contribution >= 4 is 10.0 Å². The van der Waals surface area contributed by atoms with Crippen molar-refractivity contribution in [2.45, 2.75) is 31.7 Å². The molecule has 0 radical (unpaired) electrons. The molecular formula is C16H18FNO2S. The fourth-order valence-electron chi connectivity index (χ4n) is 2.10. The molecule has 112 valence electrons. The molecular weight excluding hydrogens is 289 g/mol. The van der Waals surface area contributed by atoms with Gasteiger partial charge in [-0.3, -0.25) is 0 Å². The molecule has 2 rings (SSSR count). The normalized spacial score (nSPS) is 13.1.